The number of hydrogen-bond acceptors (Lipinski definition) is 1. The summed E-state index contributed by atoms with van der Waals surface area (Å²) in [5.74, 6) is 0.910. The molecule has 3 unspecified atom stereocenters. The lowest BCUT2D eigenvalue weighted by Crippen LogP contribution is -2.13. The largest absolute Gasteiger partial charge is 0.375 e. The maximum Gasteiger partial charge on any atom is 0.0607 e. The summed E-state index contributed by atoms with van der Waals surface area (Å²) in [5, 5.41) is 0. The van der Waals surface area contributed by atoms with E-state index in [0.29, 0.717) is 12.2 Å². The molecule has 0 radical (unpaired) electrons. The molecular weight excluding hydrogens is 136 g/mol. The fourth-order valence-electron chi connectivity index (χ4n) is 2.58. The van der Waals surface area contributed by atoms with E-state index in [-0.39, 0.29) is 0 Å². The Balaban J connectivity index is 1.96. The van der Waals surface area contributed by atoms with Crippen molar-refractivity contribution < 1.29 is 4.74 Å². The highest BCUT2D eigenvalue weighted by atomic mass is 16.5. The average molecular weight is 154 g/mol. The van der Waals surface area contributed by atoms with Crippen molar-refractivity contribution in [1.29, 1.82) is 0 Å². The fourth-order valence-corrected chi connectivity index (χ4v) is 2.58. The van der Waals surface area contributed by atoms with Gasteiger partial charge in [0.2, 0.25) is 0 Å². The fraction of sp³-hybridized carbons (Fsp3) is 1.00. The highest BCUT2D eigenvalue weighted by Gasteiger charge is 2.32. The van der Waals surface area contributed by atoms with Gasteiger partial charge < -0.3 is 4.74 Å². The van der Waals surface area contributed by atoms with Crippen LogP contribution < -0.4 is 0 Å². The third-order valence-corrected chi connectivity index (χ3v) is 3.13. The van der Waals surface area contributed by atoms with Gasteiger partial charge in [-0.05, 0) is 32.1 Å². The van der Waals surface area contributed by atoms with Crippen molar-refractivity contribution >= 4 is 0 Å². The van der Waals surface area contributed by atoms with Crippen LogP contribution in [0, 0.1) is 5.92 Å². The summed E-state index contributed by atoms with van der Waals surface area (Å²) in [6.07, 6.45) is 9.53. The van der Waals surface area contributed by atoms with Crippen LogP contribution in [0.3, 0.4) is 0 Å². The Labute approximate surface area is 69.1 Å². The summed E-state index contributed by atoms with van der Waals surface area (Å²) in [6, 6.07) is 0. The van der Waals surface area contributed by atoms with Crippen LogP contribution >= 0.6 is 0 Å². The zero-order valence-corrected chi connectivity index (χ0v) is 7.38. The summed E-state index contributed by atoms with van der Waals surface area (Å²) in [4.78, 5) is 0. The van der Waals surface area contributed by atoms with Crippen molar-refractivity contribution in [2.75, 3.05) is 0 Å². The molecule has 0 amide bonds. The molecule has 1 aliphatic carbocycles. The highest BCUT2D eigenvalue weighted by Crippen LogP contribution is 2.35. The van der Waals surface area contributed by atoms with Gasteiger partial charge in [-0.2, -0.15) is 0 Å². The van der Waals surface area contributed by atoms with E-state index in [9.17, 15) is 0 Å². The van der Waals surface area contributed by atoms with Crippen LogP contribution in [0.15, 0.2) is 0 Å². The highest BCUT2D eigenvalue weighted by molar-refractivity contribution is 4.82. The van der Waals surface area contributed by atoms with Crippen LogP contribution in [0.2, 0.25) is 0 Å². The Morgan fingerprint density at radius 1 is 1.09 bits per heavy atom. The second-order valence-electron chi connectivity index (χ2n) is 4.12. The Bertz CT molecular complexity index is 119. The molecule has 2 rings (SSSR count). The number of hydrogen-bond donors (Lipinski definition) is 0. The number of fused-ring (bicyclic) bond motifs is 1. The van der Waals surface area contributed by atoms with Crippen molar-refractivity contribution in [1.82, 2.24) is 0 Å². The lowest BCUT2D eigenvalue weighted by atomic mass is 9.95. The van der Waals surface area contributed by atoms with Crippen molar-refractivity contribution in [2.45, 2.75) is 57.7 Å². The molecule has 1 aliphatic heterocycles. The maximum absolute atomic E-state index is 5.85. The third-order valence-electron chi connectivity index (χ3n) is 3.13. The van der Waals surface area contributed by atoms with E-state index >= 15 is 0 Å². The first kappa shape index (κ1) is 7.60. The molecule has 0 spiro atoms. The molecule has 2 fully saturated rings. The predicted octanol–water partition coefficient (Wildman–Crippen LogP) is 2.74. The van der Waals surface area contributed by atoms with Crippen molar-refractivity contribution in [3.8, 4) is 0 Å². The molecule has 0 aromatic rings. The van der Waals surface area contributed by atoms with E-state index in [2.05, 4.69) is 6.92 Å². The first-order chi connectivity index (χ1) is 5.36. The maximum atomic E-state index is 5.85. The minimum Gasteiger partial charge on any atom is -0.375 e. The summed E-state index contributed by atoms with van der Waals surface area (Å²) >= 11 is 0. The van der Waals surface area contributed by atoms with Crippen LogP contribution in [-0.4, -0.2) is 12.2 Å². The summed E-state index contributed by atoms with van der Waals surface area (Å²) in [7, 11) is 0. The van der Waals surface area contributed by atoms with E-state index in [1.165, 1.54) is 38.5 Å². The zero-order valence-electron chi connectivity index (χ0n) is 7.38. The van der Waals surface area contributed by atoms with E-state index < -0.39 is 0 Å². The molecule has 11 heavy (non-hydrogen) atoms. The number of rotatable bonds is 0. The summed E-state index contributed by atoms with van der Waals surface area (Å²) in [5.41, 5.74) is 0. The van der Waals surface area contributed by atoms with Crippen LogP contribution in [-0.2, 0) is 4.74 Å². The standard InChI is InChI=1S/C10H18O/c1-8-7-9-5-3-2-4-6-10(9)11-8/h8-10H,2-7H2,1H3. The van der Waals surface area contributed by atoms with Crippen LogP contribution in [0.5, 0.6) is 0 Å². The van der Waals surface area contributed by atoms with Gasteiger partial charge in [-0.25, -0.2) is 0 Å². The quantitative estimate of drug-likeness (QED) is 0.521. The molecule has 0 bridgehead atoms. The monoisotopic (exact) mass is 154 g/mol. The van der Waals surface area contributed by atoms with E-state index in [1.807, 2.05) is 0 Å². The third kappa shape index (κ3) is 1.58. The molecule has 0 aromatic heterocycles. The summed E-state index contributed by atoms with van der Waals surface area (Å²) in [6.45, 7) is 2.22. The molecule has 1 heteroatoms. The lowest BCUT2D eigenvalue weighted by Gasteiger charge is -2.13. The minimum absolute atomic E-state index is 0.545. The van der Waals surface area contributed by atoms with Gasteiger partial charge in [0, 0.05) is 0 Å². The molecule has 3 atom stereocenters. The molecule has 0 aromatic carbocycles. The second kappa shape index (κ2) is 3.14. The Morgan fingerprint density at radius 3 is 2.82 bits per heavy atom. The Kier molecular flexibility index (Phi) is 2.17. The van der Waals surface area contributed by atoms with Gasteiger partial charge in [0.25, 0.3) is 0 Å². The van der Waals surface area contributed by atoms with Gasteiger partial charge in [-0.3, -0.25) is 0 Å². The minimum atomic E-state index is 0.545. The Morgan fingerprint density at radius 2 is 1.91 bits per heavy atom. The van der Waals surface area contributed by atoms with E-state index in [1.54, 1.807) is 0 Å². The van der Waals surface area contributed by atoms with Crippen LogP contribution in [0.25, 0.3) is 0 Å². The smallest absolute Gasteiger partial charge is 0.0607 e. The molecule has 0 N–H and O–H groups in total. The normalized spacial score (nSPS) is 45.0. The van der Waals surface area contributed by atoms with Crippen molar-refractivity contribution in [3.05, 3.63) is 0 Å². The predicted molar refractivity (Wildman–Crippen MR) is 45.5 cm³/mol. The van der Waals surface area contributed by atoms with Gasteiger partial charge in [0.05, 0.1) is 12.2 Å². The zero-order chi connectivity index (χ0) is 7.68. The SMILES string of the molecule is CC1CC2CCCCCC2O1. The molecule has 1 nitrogen and oxygen atoms in total. The molecule has 1 saturated carbocycles. The first-order valence-electron chi connectivity index (χ1n) is 5.02. The van der Waals surface area contributed by atoms with Gasteiger partial charge in [0.1, 0.15) is 0 Å². The molecule has 1 heterocycles. The van der Waals surface area contributed by atoms with Gasteiger partial charge in [0.15, 0.2) is 0 Å². The van der Waals surface area contributed by atoms with Gasteiger partial charge in [-0.1, -0.05) is 19.3 Å². The Hall–Kier alpha value is -0.0400. The van der Waals surface area contributed by atoms with Gasteiger partial charge >= 0.3 is 0 Å². The van der Waals surface area contributed by atoms with Gasteiger partial charge in [-0.15, -0.1) is 0 Å². The van der Waals surface area contributed by atoms with E-state index in [4.69, 9.17) is 4.74 Å². The topological polar surface area (TPSA) is 9.23 Å². The van der Waals surface area contributed by atoms with Crippen LogP contribution in [0.4, 0.5) is 0 Å². The van der Waals surface area contributed by atoms with Crippen molar-refractivity contribution in [3.63, 3.8) is 0 Å². The van der Waals surface area contributed by atoms with E-state index in [0.717, 1.165) is 5.92 Å². The van der Waals surface area contributed by atoms with Crippen molar-refractivity contribution in [2.24, 2.45) is 5.92 Å². The second-order valence-corrected chi connectivity index (χ2v) is 4.12. The molecule has 1 saturated heterocycles. The molecular formula is C10H18O. The number of ether oxygens (including phenoxy) is 1. The van der Waals surface area contributed by atoms with Crippen LogP contribution in [0.1, 0.15) is 45.4 Å². The molecule has 2 aliphatic rings. The molecule has 64 valence electrons. The summed E-state index contributed by atoms with van der Waals surface area (Å²) < 4.78 is 5.85. The average Bonchev–Trinajstić information content (AvgIpc) is 2.17. The first-order valence-corrected chi connectivity index (χ1v) is 5.02. The lowest BCUT2D eigenvalue weighted by molar-refractivity contribution is 0.0397.